The van der Waals surface area contributed by atoms with Gasteiger partial charge in [0.1, 0.15) is 6.04 Å². The lowest BCUT2D eigenvalue weighted by molar-refractivity contribution is -0.130. The van der Waals surface area contributed by atoms with Crippen molar-refractivity contribution in [2.24, 2.45) is 17.6 Å². The molecule has 1 unspecified atom stereocenters. The highest BCUT2D eigenvalue weighted by molar-refractivity contribution is 5.87. The summed E-state index contributed by atoms with van der Waals surface area (Å²) >= 11 is 0. The van der Waals surface area contributed by atoms with Crippen LogP contribution in [0.15, 0.2) is 30.3 Å². The maximum atomic E-state index is 12.1. The molecule has 0 spiro atoms. The van der Waals surface area contributed by atoms with Crippen LogP contribution in [0, 0.1) is 11.8 Å². The van der Waals surface area contributed by atoms with Crippen molar-refractivity contribution in [3.8, 4) is 0 Å². The van der Waals surface area contributed by atoms with Crippen LogP contribution in [0.3, 0.4) is 0 Å². The molecule has 1 rings (SSSR count). The fourth-order valence-corrected chi connectivity index (χ4v) is 2.19. The van der Waals surface area contributed by atoms with Gasteiger partial charge in [0.05, 0.1) is 0 Å². The average Bonchev–Trinajstić information content (AvgIpc) is 2.44. The molecule has 2 amide bonds. The summed E-state index contributed by atoms with van der Waals surface area (Å²) in [4.78, 5) is 23.5. The van der Waals surface area contributed by atoms with E-state index in [2.05, 4.69) is 17.4 Å². The summed E-state index contributed by atoms with van der Waals surface area (Å²) in [5.41, 5.74) is 6.56. The van der Waals surface area contributed by atoms with E-state index in [0.29, 0.717) is 12.3 Å². The molecular weight excluding hydrogens is 264 g/mol. The summed E-state index contributed by atoms with van der Waals surface area (Å²) < 4.78 is 0. The molecule has 0 aliphatic carbocycles. The lowest BCUT2D eigenvalue weighted by atomic mass is 9.98. The number of rotatable bonds is 8. The van der Waals surface area contributed by atoms with Gasteiger partial charge in [0, 0.05) is 5.92 Å². The predicted molar refractivity (Wildman–Crippen MR) is 84.5 cm³/mol. The number of carbonyl (C=O) groups excluding carboxylic acids is 2. The van der Waals surface area contributed by atoms with Crippen molar-refractivity contribution in [1.29, 1.82) is 0 Å². The first-order chi connectivity index (χ1) is 9.90. The third-order valence-corrected chi connectivity index (χ3v) is 3.52. The van der Waals surface area contributed by atoms with Crippen LogP contribution in [0.1, 0.15) is 39.2 Å². The highest BCUT2D eigenvalue weighted by Gasteiger charge is 2.22. The van der Waals surface area contributed by atoms with E-state index in [1.54, 1.807) is 0 Å². The Kier molecular flexibility index (Phi) is 6.92. The summed E-state index contributed by atoms with van der Waals surface area (Å²) in [6.45, 7) is 5.88. The Morgan fingerprint density at radius 2 is 1.76 bits per heavy atom. The molecule has 1 aromatic carbocycles. The highest BCUT2D eigenvalue weighted by atomic mass is 16.2. The van der Waals surface area contributed by atoms with Crippen molar-refractivity contribution in [2.45, 2.75) is 46.1 Å². The molecule has 0 fully saturated rings. The average molecular weight is 290 g/mol. The summed E-state index contributed by atoms with van der Waals surface area (Å²) in [6.07, 6.45) is 2.18. The Hall–Kier alpha value is -1.84. The molecule has 4 heteroatoms. The number of hydrogen-bond donors (Lipinski definition) is 2. The van der Waals surface area contributed by atoms with Crippen LogP contribution in [0.2, 0.25) is 0 Å². The molecule has 0 heterocycles. The summed E-state index contributed by atoms with van der Waals surface area (Å²) in [7, 11) is 0. The van der Waals surface area contributed by atoms with E-state index >= 15 is 0 Å². The number of hydrogen-bond acceptors (Lipinski definition) is 2. The molecule has 0 aromatic heterocycles. The van der Waals surface area contributed by atoms with Crippen molar-refractivity contribution in [3.05, 3.63) is 35.9 Å². The maximum Gasteiger partial charge on any atom is 0.240 e. The van der Waals surface area contributed by atoms with Crippen LogP contribution in [0.25, 0.3) is 0 Å². The Morgan fingerprint density at radius 3 is 2.29 bits per heavy atom. The van der Waals surface area contributed by atoms with Gasteiger partial charge in [-0.3, -0.25) is 9.59 Å². The predicted octanol–water partition coefficient (Wildman–Crippen LogP) is 2.27. The quantitative estimate of drug-likeness (QED) is 0.771. The smallest absolute Gasteiger partial charge is 0.240 e. The molecule has 3 N–H and O–H groups in total. The van der Waals surface area contributed by atoms with Crippen LogP contribution in [0.4, 0.5) is 0 Å². The van der Waals surface area contributed by atoms with Crippen molar-refractivity contribution in [3.63, 3.8) is 0 Å². The van der Waals surface area contributed by atoms with Gasteiger partial charge < -0.3 is 11.1 Å². The molecule has 1 aromatic rings. The van der Waals surface area contributed by atoms with Crippen LogP contribution >= 0.6 is 0 Å². The van der Waals surface area contributed by atoms with E-state index in [9.17, 15) is 9.59 Å². The van der Waals surface area contributed by atoms with Gasteiger partial charge in [-0.2, -0.15) is 0 Å². The molecular formula is C17H26N2O2. The highest BCUT2D eigenvalue weighted by Crippen LogP contribution is 2.11. The topological polar surface area (TPSA) is 72.2 Å². The standard InChI is InChI=1S/C17H26N2O2/c1-12(2)11-15(16(18)20)19-17(21)13(3)9-10-14-7-5-4-6-8-14/h4-8,12-13,15H,9-11H2,1-3H3,(H2,18,20)(H,19,21)/t13?,15-/m0/s1. The third kappa shape index (κ3) is 6.43. The molecule has 0 aliphatic rings. The number of nitrogens with two attached hydrogens (primary N) is 1. The summed E-state index contributed by atoms with van der Waals surface area (Å²) in [6, 6.07) is 9.49. The number of aryl methyl sites for hydroxylation is 1. The number of carbonyl (C=O) groups is 2. The molecule has 0 radical (unpaired) electrons. The fourth-order valence-electron chi connectivity index (χ4n) is 2.19. The SMILES string of the molecule is CC(C)C[C@H](NC(=O)C(C)CCc1ccccc1)C(N)=O. The Bertz CT molecular complexity index is 457. The first kappa shape index (κ1) is 17.2. The van der Waals surface area contributed by atoms with Gasteiger partial charge in [-0.05, 0) is 30.7 Å². The number of primary amides is 1. The lowest BCUT2D eigenvalue weighted by Gasteiger charge is -2.20. The Labute approximate surface area is 127 Å². The zero-order chi connectivity index (χ0) is 15.8. The second-order valence-electron chi connectivity index (χ2n) is 6.02. The molecule has 0 aliphatic heterocycles. The fraction of sp³-hybridized carbons (Fsp3) is 0.529. The number of nitrogens with one attached hydrogen (secondary N) is 1. The van der Waals surface area contributed by atoms with Gasteiger partial charge in [0.2, 0.25) is 11.8 Å². The first-order valence-corrected chi connectivity index (χ1v) is 7.53. The van der Waals surface area contributed by atoms with E-state index in [-0.39, 0.29) is 11.8 Å². The van der Waals surface area contributed by atoms with E-state index < -0.39 is 11.9 Å². The Morgan fingerprint density at radius 1 is 1.14 bits per heavy atom. The van der Waals surface area contributed by atoms with E-state index in [1.165, 1.54) is 5.56 Å². The summed E-state index contributed by atoms with van der Waals surface area (Å²) in [5, 5.41) is 2.77. The van der Waals surface area contributed by atoms with Crippen molar-refractivity contribution in [1.82, 2.24) is 5.32 Å². The van der Waals surface area contributed by atoms with Gasteiger partial charge in [-0.25, -0.2) is 0 Å². The van der Waals surface area contributed by atoms with E-state index in [1.807, 2.05) is 39.0 Å². The zero-order valence-electron chi connectivity index (χ0n) is 13.1. The molecule has 0 saturated carbocycles. The van der Waals surface area contributed by atoms with Crippen molar-refractivity contribution >= 4 is 11.8 Å². The Balaban J connectivity index is 2.47. The first-order valence-electron chi connectivity index (χ1n) is 7.53. The largest absolute Gasteiger partial charge is 0.368 e. The van der Waals surface area contributed by atoms with Gasteiger partial charge >= 0.3 is 0 Å². The van der Waals surface area contributed by atoms with Gasteiger partial charge in [0.15, 0.2) is 0 Å². The second kappa shape index (κ2) is 8.45. The minimum absolute atomic E-state index is 0.101. The molecule has 0 bridgehead atoms. The third-order valence-electron chi connectivity index (χ3n) is 3.52. The summed E-state index contributed by atoms with van der Waals surface area (Å²) in [5.74, 6) is -0.399. The van der Waals surface area contributed by atoms with Gasteiger partial charge in [-0.1, -0.05) is 51.1 Å². The monoisotopic (exact) mass is 290 g/mol. The van der Waals surface area contributed by atoms with E-state index in [0.717, 1.165) is 12.8 Å². The minimum atomic E-state index is -0.573. The van der Waals surface area contributed by atoms with Crippen LogP contribution < -0.4 is 11.1 Å². The number of benzene rings is 1. The normalized spacial score (nSPS) is 13.7. The molecule has 2 atom stereocenters. The lowest BCUT2D eigenvalue weighted by Crippen LogP contribution is -2.46. The van der Waals surface area contributed by atoms with Crippen molar-refractivity contribution in [2.75, 3.05) is 0 Å². The molecule has 116 valence electrons. The van der Waals surface area contributed by atoms with Crippen LogP contribution in [0.5, 0.6) is 0 Å². The van der Waals surface area contributed by atoms with Crippen LogP contribution in [-0.4, -0.2) is 17.9 Å². The second-order valence-corrected chi connectivity index (χ2v) is 6.02. The molecule has 21 heavy (non-hydrogen) atoms. The van der Waals surface area contributed by atoms with Crippen molar-refractivity contribution < 1.29 is 9.59 Å². The minimum Gasteiger partial charge on any atom is -0.368 e. The van der Waals surface area contributed by atoms with Gasteiger partial charge in [-0.15, -0.1) is 0 Å². The van der Waals surface area contributed by atoms with E-state index in [4.69, 9.17) is 5.73 Å². The van der Waals surface area contributed by atoms with Gasteiger partial charge in [0.25, 0.3) is 0 Å². The number of amides is 2. The maximum absolute atomic E-state index is 12.1. The molecule has 0 saturated heterocycles. The zero-order valence-corrected chi connectivity index (χ0v) is 13.1. The molecule has 4 nitrogen and oxygen atoms in total. The van der Waals surface area contributed by atoms with Crippen LogP contribution in [-0.2, 0) is 16.0 Å².